The van der Waals surface area contributed by atoms with Crippen molar-refractivity contribution >= 4 is 5.82 Å². The van der Waals surface area contributed by atoms with E-state index in [4.69, 9.17) is 5.84 Å². The highest BCUT2D eigenvalue weighted by atomic mass is 15.3. The molecule has 0 saturated heterocycles. The van der Waals surface area contributed by atoms with E-state index in [0.717, 1.165) is 16.8 Å². The number of hydrogen-bond acceptors (Lipinski definition) is 6. The van der Waals surface area contributed by atoms with Crippen molar-refractivity contribution in [2.24, 2.45) is 12.9 Å². The van der Waals surface area contributed by atoms with Crippen LogP contribution >= 0.6 is 0 Å². The fourth-order valence-electron chi connectivity index (χ4n) is 1.85. The molecular formula is C13H13N7. The van der Waals surface area contributed by atoms with Crippen molar-refractivity contribution in [1.29, 1.82) is 0 Å². The average molecular weight is 267 g/mol. The van der Waals surface area contributed by atoms with Crippen LogP contribution in [0, 0.1) is 0 Å². The van der Waals surface area contributed by atoms with Crippen LogP contribution in [0.25, 0.3) is 22.6 Å². The Hall–Kier alpha value is -2.80. The molecule has 3 aromatic rings. The third kappa shape index (κ3) is 2.34. The van der Waals surface area contributed by atoms with Crippen molar-refractivity contribution < 1.29 is 0 Å². The Morgan fingerprint density at radius 3 is 2.75 bits per heavy atom. The molecule has 0 amide bonds. The lowest BCUT2D eigenvalue weighted by Gasteiger charge is -2.06. The molecule has 0 aliphatic rings. The molecule has 0 fully saturated rings. The Balaban J connectivity index is 2.12. The minimum atomic E-state index is 0.540. The second-order valence-electron chi connectivity index (χ2n) is 4.25. The molecule has 3 rings (SSSR count). The maximum Gasteiger partial charge on any atom is 0.163 e. The van der Waals surface area contributed by atoms with E-state index in [1.165, 1.54) is 0 Å². The standard InChI is InChI=1S/C13H13N7/c1-20-8-10(7-16-20)11-5-12(19-14)18-13(17-11)9-3-2-4-15-6-9/h2-8H,14H2,1H3,(H,17,18,19). The highest BCUT2D eigenvalue weighted by Gasteiger charge is 2.09. The molecule has 0 spiro atoms. The number of hydrogen-bond donors (Lipinski definition) is 2. The summed E-state index contributed by atoms with van der Waals surface area (Å²) < 4.78 is 1.72. The van der Waals surface area contributed by atoms with Gasteiger partial charge in [0.25, 0.3) is 0 Å². The van der Waals surface area contributed by atoms with E-state index in [0.29, 0.717) is 11.6 Å². The van der Waals surface area contributed by atoms with Crippen LogP contribution < -0.4 is 11.3 Å². The molecule has 0 aromatic carbocycles. The fourth-order valence-corrected chi connectivity index (χ4v) is 1.85. The van der Waals surface area contributed by atoms with Crippen LogP contribution in [0.2, 0.25) is 0 Å². The molecule has 3 aromatic heterocycles. The number of aryl methyl sites for hydroxylation is 1. The second-order valence-corrected chi connectivity index (χ2v) is 4.25. The highest BCUT2D eigenvalue weighted by molar-refractivity contribution is 5.66. The van der Waals surface area contributed by atoms with Gasteiger partial charge in [-0.25, -0.2) is 15.8 Å². The molecule has 100 valence electrons. The number of hydrazine groups is 1. The monoisotopic (exact) mass is 267 g/mol. The first-order valence-electron chi connectivity index (χ1n) is 6.01. The van der Waals surface area contributed by atoms with Crippen LogP contribution in [-0.4, -0.2) is 24.7 Å². The van der Waals surface area contributed by atoms with Gasteiger partial charge in [-0.3, -0.25) is 9.67 Å². The first-order chi connectivity index (χ1) is 9.76. The van der Waals surface area contributed by atoms with Crippen molar-refractivity contribution in [3.05, 3.63) is 43.0 Å². The van der Waals surface area contributed by atoms with E-state index < -0.39 is 0 Å². The van der Waals surface area contributed by atoms with Gasteiger partial charge in [0.1, 0.15) is 5.82 Å². The zero-order chi connectivity index (χ0) is 13.9. The second kappa shape index (κ2) is 5.06. The van der Waals surface area contributed by atoms with E-state index in [9.17, 15) is 0 Å². The number of nitrogens with zero attached hydrogens (tertiary/aromatic N) is 5. The highest BCUT2D eigenvalue weighted by Crippen LogP contribution is 2.23. The van der Waals surface area contributed by atoms with Gasteiger partial charge in [-0.15, -0.1) is 0 Å². The maximum absolute atomic E-state index is 5.47. The van der Waals surface area contributed by atoms with E-state index in [1.807, 2.05) is 25.4 Å². The lowest BCUT2D eigenvalue weighted by molar-refractivity contribution is 0.768. The molecule has 0 saturated carbocycles. The van der Waals surface area contributed by atoms with Gasteiger partial charge in [0, 0.05) is 42.8 Å². The molecule has 3 N–H and O–H groups in total. The fraction of sp³-hybridized carbons (Fsp3) is 0.0769. The van der Waals surface area contributed by atoms with Gasteiger partial charge in [-0.2, -0.15) is 5.10 Å². The van der Waals surface area contributed by atoms with Crippen LogP contribution in [0.1, 0.15) is 0 Å². The average Bonchev–Trinajstić information content (AvgIpc) is 2.94. The third-order valence-corrected chi connectivity index (χ3v) is 2.79. The maximum atomic E-state index is 5.47. The minimum absolute atomic E-state index is 0.540. The zero-order valence-corrected chi connectivity index (χ0v) is 10.9. The molecular weight excluding hydrogens is 254 g/mol. The molecule has 0 bridgehead atoms. The van der Waals surface area contributed by atoms with Gasteiger partial charge in [-0.1, -0.05) is 0 Å². The Bertz CT molecular complexity index is 721. The summed E-state index contributed by atoms with van der Waals surface area (Å²) in [7, 11) is 1.86. The first kappa shape index (κ1) is 12.2. The SMILES string of the molecule is Cn1cc(-c2cc(NN)nc(-c3cccnc3)n2)cn1. The molecule has 7 heteroatoms. The Labute approximate surface area is 115 Å². The zero-order valence-electron chi connectivity index (χ0n) is 10.9. The molecule has 3 heterocycles. The summed E-state index contributed by atoms with van der Waals surface area (Å²) in [6.07, 6.45) is 7.05. The number of nitrogens with one attached hydrogen (secondary N) is 1. The number of pyridine rings is 1. The Morgan fingerprint density at radius 2 is 2.10 bits per heavy atom. The number of aromatic nitrogens is 5. The minimum Gasteiger partial charge on any atom is -0.308 e. The van der Waals surface area contributed by atoms with Crippen LogP contribution in [0.4, 0.5) is 5.82 Å². The smallest absolute Gasteiger partial charge is 0.163 e. The van der Waals surface area contributed by atoms with Gasteiger partial charge < -0.3 is 5.43 Å². The number of anilines is 1. The van der Waals surface area contributed by atoms with Crippen molar-refractivity contribution in [2.75, 3.05) is 5.43 Å². The molecule has 0 radical (unpaired) electrons. The van der Waals surface area contributed by atoms with Crippen LogP contribution in [0.3, 0.4) is 0 Å². The number of rotatable bonds is 3. The van der Waals surface area contributed by atoms with Crippen LogP contribution in [0.15, 0.2) is 43.0 Å². The molecule has 0 unspecified atom stereocenters. The van der Waals surface area contributed by atoms with Crippen LogP contribution in [-0.2, 0) is 7.05 Å². The summed E-state index contributed by atoms with van der Waals surface area (Å²) in [5, 5.41) is 4.14. The lowest BCUT2D eigenvalue weighted by atomic mass is 10.2. The predicted molar refractivity (Wildman–Crippen MR) is 75.3 cm³/mol. The van der Waals surface area contributed by atoms with E-state index in [-0.39, 0.29) is 0 Å². The summed E-state index contributed by atoms with van der Waals surface area (Å²) in [5.74, 6) is 6.57. The molecule has 0 aliphatic carbocycles. The van der Waals surface area contributed by atoms with Crippen molar-refractivity contribution in [2.45, 2.75) is 0 Å². The van der Waals surface area contributed by atoms with Gasteiger partial charge in [0.2, 0.25) is 0 Å². The molecule has 0 aliphatic heterocycles. The van der Waals surface area contributed by atoms with Gasteiger partial charge in [0.05, 0.1) is 11.9 Å². The summed E-state index contributed by atoms with van der Waals surface area (Å²) >= 11 is 0. The van der Waals surface area contributed by atoms with E-state index in [1.54, 1.807) is 29.3 Å². The van der Waals surface area contributed by atoms with Crippen LogP contribution in [0.5, 0.6) is 0 Å². The first-order valence-corrected chi connectivity index (χ1v) is 6.01. The van der Waals surface area contributed by atoms with Gasteiger partial charge >= 0.3 is 0 Å². The Kier molecular flexibility index (Phi) is 3.10. The molecule has 0 atom stereocenters. The van der Waals surface area contributed by atoms with Gasteiger partial charge in [0.15, 0.2) is 5.82 Å². The van der Waals surface area contributed by atoms with Crippen molar-refractivity contribution in [3.63, 3.8) is 0 Å². The summed E-state index contributed by atoms with van der Waals surface area (Å²) in [4.78, 5) is 13.0. The van der Waals surface area contributed by atoms with Crippen molar-refractivity contribution in [3.8, 4) is 22.6 Å². The number of nitrogens with two attached hydrogens (primary N) is 1. The van der Waals surface area contributed by atoms with E-state index >= 15 is 0 Å². The van der Waals surface area contributed by atoms with Gasteiger partial charge in [-0.05, 0) is 12.1 Å². The molecule has 7 nitrogen and oxygen atoms in total. The predicted octanol–water partition coefficient (Wildman–Crippen LogP) is 1.22. The van der Waals surface area contributed by atoms with Crippen molar-refractivity contribution in [1.82, 2.24) is 24.7 Å². The summed E-state index contributed by atoms with van der Waals surface area (Å²) in [5.41, 5.74) is 5.03. The third-order valence-electron chi connectivity index (χ3n) is 2.79. The molecule has 20 heavy (non-hydrogen) atoms. The van der Waals surface area contributed by atoms with E-state index in [2.05, 4.69) is 25.5 Å². The summed E-state index contributed by atoms with van der Waals surface area (Å²) in [6.45, 7) is 0. The summed E-state index contributed by atoms with van der Waals surface area (Å²) in [6, 6.07) is 5.51. The quantitative estimate of drug-likeness (QED) is 0.547. The topological polar surface area (TPSA) is 94.5 Å². The number of nitrogen functional groups attached to an aromatic ring is 1. The normalized spacial score (nSPS) is 10.5. The Morgan fingerprint density at radius 1 is 1.20 bits per heavy atom. The largest absolute Gasteiger partial charge is 0.308 e. The lowest BCUT2D eigenvalue weighted by Crippen LogP contribution is -2.09.